The van der Waals surface area contributed by atoms with Gasteiger partial charge in [0.15, 0.2) is 0 Å². The van der Waals surface area contributed by atoms with Gasteiger partial charge in [0.25, 0.3) is 0 Å². The molecule has 0 aliphatic rings. The number of halogens is 2. The highest BCUT2D eigenvalue weighted by Gasteiger charge is 2.13. The van der Waals surface area contributed by atoms with E-state index in [-0.39, 0.29) is 5.56 Å². The normalized spacial score (nSPS) is 10.2. The van der Waals surface area contributed by atoms with Crippen LogP contribution in [0.5, 0.6) is 0 Å². The third-order valence-electron chi connectivity index (χ3n) is 2.11. The molecule has 0 saturated heterocycles. The zero-order valence-corrected chi connectivity index (χ0v) is 10.7. The fourth-order valence-corrected chi connectivity index (χ4v) is 2.56. The van der Waals surface area contributed by atoms with Crippen molar-refractivity contribution in [3.8, 4) is 0 Å². The van der Waals surface area contributed by atoms with E-state index in [2.05, 4.69) is 5.32 Å². The van der Waals surface area contributed by atoms with Crippen molar-refractivity contribution in [1.82, 2.24) is 0 Å². The Bertz CT molecular complexity index is 548. The van der Waals surface area contributed by atoms with Gasteiger partial charge in [-0.05, 0) is 12.1 Å². The molecule has 0 aliphatic carbocycles. The molecule has 2 aromatic rings. The summed E-state index contributed by atoms with van der Waals surface area (Å²) in [6.07, 6.45) is 0. The topological polar surface area (TPSA) is 49.3 Å². The first-order valence-electron chi connectivity index (χ1n) is 4.60. The van der Waals surface area contributed by atoms with Gasteiger partial charge in [0, 0.05) is 10.8 Å². The zero-order chi connectivity index (χ0) is 12.4. The summed E-state index contributed by atoms with van der Waals surface area (Å²) in [5, 5.41) is 16.0. The first-order chi connectivity index (χ1) is 8.09. The van der Waals surface area contributed by atoms with Crippen molar-refractivity contribution in [1.29, 1.82) is 0 Å². The molecule has 1 aromatic heterocycles. The number of hydrogen-bond donors (Lipinski definition) is 2. The SMILES string of the molecule is O=C(O)c1cscc1Nc1c(Cl)cccc1Cl. The van der Waals surface area contributed by atoms with Gasteiger partial charge in [0.05, 0.1) is 27.0 Å². The summed E-state index contributed by atoms with van der Waals surface area (Å²) in [7, 11) is 0. The second kappa shape index (κ2) is 4.96. The number of thiophene rings is 1. The number of aromatic carboxylic acids is 1. The van der Waals surface area contributed by atoms with E-state index in [1.807, 2.05) is 0 Å². The molecule has 3 nitrogen and oxygen atoms in total. The van der Waals surface area contributed by atoms with Crippen LogP contribution >= 0.6 is 34.5 Å². The molecule has 0 unspecified atom stereocenters. The minimum atomic E-state index is -0.989. The van der Waals surface area contributed by atoms with Crippen molar-refractivity contribution in [2.24, 2.45) is 0 Å². The molecule has 0 saturated carbocycles. The van der Waals surface area contributed by atoms with E-state index in [0.29, 0.717) is 21.4 Å². The predicted molar refractivity (Wildman–Crippen MR) is 71.0 cm³/mol. The van der Waals surface area contributed by atoms with Crippen LogP contribution in [0.3, 0.4) is 0 Å². The highest BCUT2D eigenvalue weighted by atomic mass is 35.5. The second-order valence-corrected chi connectivity index (χ2v) is 4.78. The lowest BCUT2D eigenvalue weighted by molar-refractivity contribution is 0.0698. The molecular formula is C11H7Cl2NO2S. The number of anilines is 2. The van der Waals surface area contributed by atoms with Crippen LogP contribution in [0.2, 0.25) is 10.0 Å². The summed E-state index contributed by atoms with van der Waals surface area (Å²) >= 11 is 13.3. The van der Waals surface area contributed by atoms with Crippen molar-refractivity contribution in [2.75, 3.05) is 5.32 Å². The molecule has 88 valence electrons. The molecule has 0 bridgehead atoms. The standard InChI is InChI=1S/C11H7Cl2NO2S/c12-7-2-1-3-8(13)10(7)14-9-5-17-4-6(9)11(15)16/h1-5,14H,(H,15,16). The molecule has 1 aromatic carbocycles. The number of rotatable bonds is 3. The second-order valence-electron chi connectivity index (χ2n) is 3.23. The molecular weight excluding hydrogens is 281 g/mol. The third kappa shape index (κ3) is 2.54. The Labute approximate surface area is 112 Å². The quantitative estimate of drug-likeness (QED) is 0.874. The number of hydrogen-bond acceptors (Lipinski definition) is 3. The largest absolute Gasteiger partial charge is 0.478 e. The maximum absolute atomic E-state index is 10.9. The van der Waals surface area contributed by atoms with E-state index in [9.17, 15) is 4.79 Å². The first kappa shape index (κ1) is 12.2. The minimum Gasteiger partial charge on any atom is -0.478 e. The lowest BCUT2D eigenvalue weighted by atomic mass is 10.2. The average Bonchev–Trinajstić information content (AvgIpc) is 2.72. The average molecular weight is 288 g/mol. The Kier molecular flexibility index (Phi) is 3.57. The molecule has 0 radical (unpaired) electrons. The van der Waals surface area contributed by atoms with Crippen molar-refractivity contribution in [2.45, 2.75) is 0 Å². The Morgan fingerprint density at radius 3 is 2.47 bits per heavy atom. The first-order valence-corrected chi connectivity index (χ1v) is 6.30. The Morgan fingerprint density at radius 2 is 1.88 bits per heavy atom. The number of benzene rings is 1. The lowest BCUT2D eigenvalue weighted by Crippen LogP contribution is -2.00. The molecule has 0 atom stereocenters. The summed E-state index contributed by atoms with van der Waals surface area (Å²) in [4.78, 5) is 10.9. The van der Waals surface area contributed by atoms with Crippen LogP contribution in [0.4, 0.5) is 11.4 Å². The molecule has 0 fully saturated rings. The van der Waals surface area contributed by atoms with E-state index < -0.39 is 5.97 Å². The molecule has 0 amide bonds. The van der Waals surface area contributed by atoms with Crippen molar-refractivity contribution in [3.63, 3.8) is 0 Å². The molecule has 1 heterocycles. The highest BCUT2D eigenvalue weighted by molar-refractivity contribution is 7.08. The van der Waals surface area contributed by atoms with Gasteiger partial charge in [-0.25, -0.2) is 4.79 Å². The smallest absolute Gasteiger partial charge is 0.338 e. The minimum absolute atomic E-state index is 0.200. The Morgan fingerprint density at radius 1 is 1.24 bits per heavy atom. The van der Waals surface area contributed by atoms with Crippen LogP contribution < -0.4 is 5.32 Å². The molecule has 17 heavy (non-hydrogen) atoms. The number of carbonyl (C=O) groups is 1. The van der Waals surface area contributed by atoms with Gasteiger partial charge < -0.3 is 10.4 Å². The van der Waals surface area contributed by atoms with Crippen LogP contribution in [-0.2, 0) is 0 Å². The van der Waals surface area contributed by atoms with Gasteiger partial charge in [0.1, 0.15) is 0 Å². The van der Waals surface area contributed by atoms with Gasteiger partial charge in [-0.15, -0.1) is 11.3 Å². The molecule has 2 N–H and O–H groups in total. The van der Waals surface area contributed by atoms with Gasteiger partial charge >= 0.3 is 5.97 Å². The monoisotopic (exact) mass is 287 g/mol. The molecule has 0 aliphatic heterocycles. The summed E-state index contributed by atoms with van der Waals surface area (Å²) in [5.41, 5.74) is 1.19. The van der Waals surface area contributed by atoms with Crippen LogP contribution in [0.15, 0.2) is 29.0 Å². The van der Waals surface area contributed by atoms with E-state index in [0.717, 1.165) is 0 Å². The Hall–Kier alpha value is -1.23. The van der Waals surface area contributed by atoms with E-state index in [1.54, 1.807) is 29.0 Å². The number of para-hydroxylation sites is 1. The van der Waals surface area contributed by atoms with E-state index in [1.165, 1.54) is 11.3 Å². The maximum Gasteiger partial charge on any atom is 0.338 e. The maximum atomic E-state index is 10.9. The third-order valence-corrected chi connectivity index (χ3v) is 3.49. The summed E-state index contributed by atoms with van der Waals surface area (Å²) < 4.78 is 0. The number of nitrogens with one attached hydrogen (secondary N) is 1. The van der Waals surface area contributed by atoms with Gasteiger partial charge in [-0.3, -0.25) is 0 Å². The van der Waals surface area contributed by atoms with Gasteiger partial charge in [-0.2, -0.15) is 0 Å². The highest BCUT2D eigenvalue weighted by Crippen LogP contribution is 2.34. The van der Waals surface area contributed by atoms with Crippen LogP contribution in [-0.4, -0.2) is 11.1 Å². The summed E-state index contributed by atoms with van der Waals surface area (Å²) in [6, 6.07) is 5.09. The summed E-state index contributed by atoms with van der Waals surface area (Å²) in [6.45, 7) is 0. The molecule has 6 heteroatoms. The van der Waals surface area contributed by atoms with Crippen LogP contribution in [0, 0.1) is 0 Å². The van der Waals surface area contributed by atoms with Crippen LogP contribution in [0.25, 0.3) is 0 Å². The zero-order valence-electron chi connectivity index (χ0n) is 8.41. The van der Waals surface area contributed by atoms with E-state index in [4.69, 9.17) is 28.3 Å². The van der Waals surface area contributed by atoms with E-state index >= 15 is 0 Å². The number of carboxylic acids is 1. The molecule has 0 spiro atoms. The van der Waals surface area contributed by atoms with Gasteiger partial charge in [-0.1, -0.05) is 29.3 Å². The van der Waals surface area contributed by atoms with Crippen molar-refractivity contribution in [3.05, 3.63) is 44.6 Å². The number of carboxylic acid groups (broad SMARTS) is 1. The van der Waals surface area contributed by atoms with Crippen LogP contribution in [0.1, 0.15) is 10.4 Å². The van der Waals surface area contributed by atoms with Gasteiger partial charge in [0.2, 0.25) is 0 Å². The fraction of sp³-hybridized carbons (Fsp3) is 0. The Balaban J connectivity index is 2.38. The van der Waals surface area contributed by atoms with Crippen molar-refractivity contribution >= 4 is 51.9 Å². The lowest BCUT2D eigenvalue weighted by Gasteiger charge is -2.09. The summed E-state index contributed by atoms with van der Waals surface area (Å²) in [5.74, 6) is -0.989. The predicted octanol–water partition coefficient (Wildman–Crippen LogP) is 4.50. The fourth-order valence-electron chi connectivity index (χ4n) is 1.31. The van der Waals surface area contributed by atoms with Crippen molar-refractivity contribution < 1.29 is 9.90 Å². The molecule has 2 rings (SSSR count).